The molecule has 0 aliphatic heterocycles. The number of thiazole rings is 1. The molecule has 7 heteroatoms. The number of rotatable bonds is 5. The number of methoxy groups -OCH3 is 1. The van der Waals surface area contributed by atoms with Gasteiger partial charge in [-0.15, -0.1) is 11.3 Å². The fraction of sp³-hybridized carbons (Fsp3) is 0.0526. The zero-order chi connectivity index (χ0) is 18.5. The van der Waals surface area contributed by atoms with E-state index in [2.05, 4.69) is 16.4 Å². The van der Waals surface area contributed by atoms with Crippen LogP contribution in [0.5, 0.6) is 5.75 Å². The van der Waals surface area contributed by atoms with Gasteiger partial charge in [-0.25, -0.2) is 4.98 Å². The summed E-state index contributed by atoms with van der Waals surface area (Å²) < 4.78 is 5.24. The first-order valence-electron chi connectivity index (χ1n) is 7.53. The molecule has 0 spiro atoms. The molecule has 0 saturated carbocycles. The summed E-state index contributed by atoms with van der Waals surface area (Å²) in [6.07, 6.45) is 1.59. The third-order valence-corrected chi connectivity index (χ3v) is 4.95. The lowest BCUT2D eigenvalue weighted by atomic mass is 10.1. The molecule has 0 aliphatic rings. The van der Waals surface area contributed by atoms with Gasteiger partial charge in [0, 0.05) is 22.2 Å². The van der Waals surface area contributed by atoms with Gasteiger partial charge in [-0.1, -0.05) is 35.3 Å². The fourth-order valence-corrected chi connectivity index (χ4v) is 3.47. The lowest BCUT2D eigenvalue weighted by molar-refractivity contribution is 0.415. The number of anilines is 1. The molecule has 1 aromatic heterocycles. The standard InChI is InChI=1S/C19H13Cl2N3OS/c1-25-15-4-2-3-12(7-15)18-11-26-19(24-18)13(9-22)10-23-17-6-5-14(20)8-16(17)21/h2-8,10-11,23H,1H3. The molecular weight excluding hydrogens is 389 g/mol. The number of allylic oxidation sites excluding steroid dienone is 1. The summed E-state index contributed by atoms with van der Waals surface area (Å²) >= 11 is 13.4. The van der Waals surface area contributed by atoms with Crippen molar-refractivity contribution in [3.05, 3.63) is 69.1 Å². The van der Waals surface area contributed by atoms with Gasteiger partial charge in [-0.05, 0) is 30.3 Å². The van der Waals surface area contributed by atoms with Crippen LogP contribution < -0.4 is 10.1 Å². The van der Waals surface area contributed by atoms with Crippen LogP contribution in [0.1, 0.15) is 5.01 Å². The summed E-state index contributed by atoms with van der Waals surface area (Å²) in [4.78, 5) is 4.55. The number of nitriles is 1. The molecular formula is C19H13Cl2N3OS. The van der Waals surface area contributed by atoms with Crippen molar-refractivity contribution in [1.82, 2.24) is 4.98 Å². The van der Waals surface area contributed by atoms with Crippen LogP contribution >= 0.6 is 34.5 Å². The molecule has 1 N–H and O–H groups in total. The van der Waals surface area contributed by atoms with E-state index in [0.29, 0.717) is 26.3 Å². The largest absolute Gasteiger partial charge is 0.497 e. The third kappa shape index (κ3) is 4.17. The first-order valence-corrected chi connectivity index (χ1v) is 9.16. The van der Waals surface area contributed by atoms with E-state index in [0.717, 1.165) is 17.0 Å². The van der Waals surface area contributed by atoms with Crippen molar-refractivity contribution >= 4 is 45.8 Å². The predicted octanol–water partition coefficient (Wildman–Crippen LogP) is 6.10. The zero-order valence-electron chi connectivity index (χ0n) is 13.7. The average Bonchev–Trinajstić information content (AvgIpc) is 3.14. The Hall–Kier alpha value is -2.52. The normalized spacial score (nSPS) is 11.1. The average molecular weight is 402 g/mol. The molecule has 3 aromatic rings. The lowest BCUT2D eigenvalue weighted by Crippen LogP contribution is -1.92. The van der Waals surface area contributed by atoms with Crippen LogP contribution in [0.2, 0.25) is 10.0 Å². The molecule has 0 fully saturated rings. The molecule has 3 rings (SSSR count). The topological polar surface area (TPSA) is 57.9 Å². The van der Waals surface area contributed by atoms with Crippen LogP contribution in [0.15, 0.2) is 54.0 Å². The minimum atomic E-state index is 0.412. The Bertz CT molecular complexity index is 1010. The molecule has 1 heterocycles. The minimum Gasteiger partial charge on any atom is -0.497 e. The summed E-state index contributed by atoms with van der Waals surface area (Å²) in [5.41, 5.74) is 2.79. The molecule has 130 valence electrons. The number of hydrogen-bond donors (Lipinski definition) is 1. The Morgan fingerprint density at radius 3 is 2.85 bits per heavy atom. The van der Waals surface area contributed by atoms with Gasteiger partial charge < -0.3 is 10.1 Å². The van der Waals surface area contributed by atoms with Gasteiger partial charge in [0.05, 0.1) is 23.5 Å². The Balaban J connectivity index is 1.85. The molecule has 0 saturated heterocycles. The Morgan fingerprint density at radius 1 is 1.27 bits per heavy atom. The van der Waals surface area contributed by atoms with E-state index in [9.17, 15) is 5.26 Å². The van der Waals surface area contributed by atoms with E-state index in [-0.39, 0.29) is 0 Å². The lowest BCUT2D eigenvalue weighted by Gasteiger charge is -2.04. The Morgan fingerprint density at radius 2 is 2.12 bits per heavy atom. The number of hydrogen-bond acceptors (Lipinski definition) is 5. The number of ether oxygens (including phenoxy) is 1. The molecule has 4 nitrogen and oxygen atoms in total. The SMILES string of the molecule is COc1cccc(-c2csc(C(C#N)=CNc3ccc(Cl)cc3Cl)n2)c1. The second-order valence-electron chi connectivity index (χ2n) is 5.21. The number of nitrogens with one attached hydrogen (secondary N) is 1. The van der Waals surface area contributed by atoms with Gasteiger partial charge in [0.25, 0.3) is 0 Å². The van der Waals surface area contributed by atoms with Crippen molar-refractivity contribution < 1.29 is 4.74 Å². The van der Waals surface area contributed by atoms with Crippen molar-refractivity contribution in [2.45, 2.75) is 0 Å². The molecule has 2 aromatic carbocycles. The summed E-state index contributed by atoms with van der Waals surface area (Å²) in [6, 6.07) is 14.9. The number of nitrogens with zero attached hydrogens (tertiary/aromatic N) is 2. The van der Waals surface area contributed by atoms with Gasteiger partial charge in [0.2, 0.25) is 0 Å². The van der Waals surface area contributed by atoms with Crippen molar-refractivity contribution in [2.75, 3.05) is 12.4 Å². The van der Waals surface area contributed by atoms with Crippen LogP contribution in [0.4, 0.5) is 5.69 Å². The predicted molar refractivity (Wildman–Crippen MR) is 108 cm³/mol. The Kier molecular flexibility index (Phi) is 5.79. The second kappa shape index (κ2) is 8.24. The second-order valence-corrected chi connectivity index (χ2v) is 6.91. The summed E-state index contributed by atoms with van der Waals surface area (Å²) in [6.45, 7) is 0. The van der Waals surface area contributed by atoms with Crippen molar-refractivity contribution in [2.24, 2.45) is 0 Å². The van der Waals surface area contributed by atoms with Gasteiger partial charge in [-0.3, -0.25) is 0 Å². The van der Waals surface area contributed by atoms with E-state index in [1.165, 1.54) is 11.3 Å². The van der Waals surface area contributed by atoms with E-state index < -0.39 is 0 Å². The summed E-state index contributed by atoms with van der Waals surface area (Å²) in [5.74, 6) is 0.757. The third-order valence-electron chi connectivity index (χ3n) is 3.52. The molecule has 0 bridgehead atoms. The molecule has 0 aliphatic carbocycles. The van der Waals surface area contributed by atoms with E-state index in [1.807, 2.05) is 29.6 Å². The quantitative estimate of drug-likeness (QED) is 0.524. The zero-order valence-corrected chi connectivity index (χ0v) is 16.0. The van der Waals surface area contributed by atoms with Crippen LogP contribution in [0.3, 0.4) is 0 Å². The summed E-state index contributed by atoms with van der Waals surface area (Å²) in [5, 5.41) is 16.0. The van der Waals surface area contributed by atoms with Gasteiger partial charge in [0.1, 0.15) is 22.4 Å². The highest BCUT2D eigenvalue weighted by Gasteiger charge is 2.10. The number of aromatic nitrogens is 1. The molecule has 0 atom stereocenters. The smallest absolute Gasteiger partial charge is 0.136 e. The first kappa shape index (κ1) is 18.3. The minimum absolute atomic E-state index is 0.412. The highest BCUT2D eigenvalue weighted by molar-refractivity contribution is 7.11. The van der Waals surface area contributed by atoms with Crippen molar-refractivity contribution in [3.8, 4) is 23.1 Å². The first-order chi connectivity index (χ1) is 12.6. The highest BCUT2D eigenvalue weighted by Crippen LogP contribution is 2.29. The van der Waals surface area contributed by atoms with Crippen LogP contribution in [-0.2, 0) is 0 Å². The van der Waals surface area contributed by atoms with Crippen LogP contribution in [0.25, 0.3) is 16.8 Å². The fourth-order valence-electron chi connectivity index (χ4n) is 2.21. The van der Waals surface area contributed by atoms with Crippen LogP contribution in [0, 0.1) is 11.3 Å². The highest BCUT2D eigenvalue weighted by atomic mass is 35.5. The summed E-state index contributed by atoms with van der Waals surface area (Å²) in [7, 11) is 1.62. The van der Waals surface area contributed by atoms with Crippen molar-refractivity contribution in [3.63, 3.8) is 0 Å². The molecule has 0 amide bonds. The number of benzene rings is 2. The number of halogens is 2. The van der Waals surface area contributed by atoms with E-state index in [1.54, 1.807) is 31.5 Å². The molecule has 0 radical (unpaired) electrons. The molecule has 0 unspecified atom stereocenters. The van der Waals surface area contributed by atoms with E-state index in [4.69, 9.17) is 27.9 Å². The van der Waals surface area contributed by atoms with Crippen LogP contribution in [-0.4, -0.2) is 12.1 Å². The maximum atomic E-state index is 9.47. The Labute approximate surface area is 165 Å². The maximum absolute atomic E-state index is 9.47. The monoisotopic (exact) mass is 401 g/mol. The van der Waals surface area contributed by atoms with Gasteiger partial charge in [0.15, 0.2) is 0 Å². The van der Waals surface area contributed by atoms with Crippen molar-refractivity contribution in [1.29, 1.82) is 5.26 Å². The van der Waals surface area contributed by atoms with E-state index >= 15 is 0 Å². The van der Waals surface area contributed by atoms with Gasteiger partial charge >= 0.3 is 0 Å². The molecule has 26 heavy (non-hydrogen) atoms. The van der Waals surface area contributed by atoms with Gasteiger partial charge in [-0.2, -0.15) is 5.26 Å². The maximum Gasteiger partial charge on any atom is 0.136 e.